The molecule has 136 valence electrons. The minimum atomic E-state index is -0.204. The van der Waals surface area contributed by atoms with Gasteiger partial charge >= 0.3 is 0 Å². The summed E-state index contributed by atoms with van der Waals surface area (Å²) in [6.07, 6.45) is -0.204. The van der Waals surface area contributed by atoms with E-state index in [1.165, 1.54) is 0 Å². The van der Waals surface area contributed by atoms with E-state index in [1.54, 1.807) is 21.3 Å². The Bertz CT molecular complexity index is 892. The van der Waals surface area contributed by atoms with Gasteiger partial charge in [0, 0.05) is 17.2 Å². The molecule has 7 nitrogen and oxygen atoms in total. The van der Waals surface area contributed by atoms with Gasteiger partial charge in [0.1, 0.15) is 11.9 Å². The maximum Gasteiger partial charge on any atom is 0.231 e. The molecule has 0 aliphatic carbocycles. The van der Waals surface area contributed by atoms with Gasteiger partial charge in [-0.05, 0) is 12.1 Å². The van der Waals surface area contributed by atoms with Crippen LogP contribution < -0.4 is 33.2 Å². The molecule has 0 aromatic heterocycles. The summed E-state index contributed by atoms with van der Waals surface area (Å²) in [4.78, 5) is 0. The van der Waals surface area contributed by atoms with Crippen LogP contribution in [-0.2, 0) is 0 Å². The summed E-state index contributed by atoms with van der Waals surface area (Å²) in [7, 11) is 4.74. The lowest BCUT2D eigenvalue weighted by molar-refractivity contribution is 0.133. The first kappa shape index (κ1) is 15.3. The standard InChI is InChI=1S/C19H18O7/c1-20-15-5-10-16-11(7-23-17(10)19(22-3)18(15)21-2)9-4-13-14(25-8-24-13)6-12(9)26-16/h4-6,11,16H,7-8H2,1-3H3/t11-,16-/m0/s1. The molecule has 3 heterocycles. The molecule has 2 aromatic carbocycles. The fourth-order valence-electron chi connectivity index (χ4n) is 3.85. The van der Waals surface area contributed by atoms with E-state index in [-0.39, 0.29) is 18.8 Å². The molecule has 7 heteroatoms. The predicted molar refractivity (Wildman–Crippen MR) is 90.3 cm³/mol. The van der Waals surface area contributed by atoms with Crippen LogP contribution in [0.1, 0.15) is 23.1 Å². The molecular weight excluding hydrogens is 340 g/mol. The van der Waals surface area contributed by atoms with Crippen molar-refractivity contribution in [1.29, 1.82) is 0 Å². The van der Waals surface area contributed by atoms with E-state index in [9.17, 15) is 0 Å². The SMILES string of the molecule is COc1cc2c(c(OC)c1OC)OC[C@H]1c3cc4c(cc3O[C@@H]21)OCO4. The highest BCUT2D eigenvalue weighted by Gasteiger charge is 2.44. The zero-order valence-electron chi connectivity index (χ0n) is 14.7. The highest BCUT2D eigenvalue weighted by molar-refractivity contribution is 5.66. The average molecular weight is 358 g/mol. The Hall–Kier alpha value is -2.96. The van der Waals surface area contributed by atoms with Gasteiger partial charge in [0.25, 0.3) is 0 Å². The zero-order chi connectivity index (χ0) is 17.8. The van der Waals surface area contributed by atoms with Gasteiger partial charge in [0.15, 0.2) is 23.0 Å². The smallest absolute Gasteiger partial charge is 0.231 e. The minimum Gasteiger partial charge on any atom is -0.493 e. The lowest BCUT2D eigenvalue weighted by atomic mass is 9.88. The first-order valence-electron chi connectivity index (χ1n) is 8.31. The van der Waals surface area contributed by atoms with Gasteiger partial charge in [-0.1, -0.05) is 0 Å². The lowest BCUT2D eigenvalue weighted by Gasteiger charge is -2.30. The van der Waals surface area contributed by atoms with Crippen molar-refractivity contribution in [1.82, 2.24) is 0 Å². The van der Waals surface area contributed by atoms with E-state index < -0.39 is 0 Å². The molecular formula is C19H18O7. The Labute approximate surface area is 150 Å². The Kier molecular flexibility index (Phi) is 3.25. The molecule has 0 saturated carbocycles. The Morgan fingerprint density at radius 3 is 2.31 bits per heavy atom. The van der Waals surface area contributed by atoms with Crippen LogP contribution in [0.2, 0.25) is 0 Å². The summed E-state index contributed by atoms with van der Waals surface area (Å²) in [6.45, 7) is 0.704. The molecule has 0 fully saturated rings. The molecule has 3 aliphatic heterocycles. The lowest BCUT2D eigenvalue weighted by Crippen LogP contribution is -2.24. The second kappa shape index (κ2) is 5.52. The van der Waals surface area contributed by atoms with Gasteiger partial charge in [0.2, 0.25) is 18.3 Å². The number of hydrogen-bond acceptors (Lipinski definition) is 7. The molecule has 26 heavy (non-hydrogen) atoms. The number of rotatable bonds is 3. The summed E-state index contributed by atoms with van der Waals surface area (Å²) in [5.41, 5.74) is 1.92. The highest BCUT2D eigenvalue weighted by atomic mass is 16.7. The molecule has 2 atom stereocenters. The molecule has 5 rings (SSSR count). The molecule has 0 spiro atoms. The summed E-state index contributed by atoms with van der Waals surface area (Å²) in [5.74, 6) is 4.49. The van der Waals surface area contributed by atoms with Crippen molar-refractivity contribution in [2.45, 2.75) is 12.0 Å². The van der Waals surface area contributed by atoms with Crippen LogP contribution in [0.15, 0.2) is 18.2 Å². The third-order valence-electron chi connectivity index (χ3n) is 5.05. The largest absolute Gasteiger partial charge is 0.493 e. The molecule has 2 aromatic rings. The van der Waals surface area contributed by atoms with Crippen LogP contribution in [0.3, 0.4) is 0 Å². The van der Waals surface area contributed by atoms with E-state index in [2.05, 4.69) is 0 Å². The fraction of sp³-hybridized carbons (Fsp3) is 0.368. The van der Waals surface area contributed by atoms with Crippen molar-refractivity contribution < 1.29 is 33.2 Å². The second-order valence-corrected chi connectivity index (χ2v) is 6.26. The van der Waals surface area contributed by atoms with Crippen molar-refractivity contribution in [2.24, 2.45) is 0 Å². The molecule has 0 bridgehead atoms. The first-order chi connectivity index (χ1) is 12.7. The Morgan fingerprint density at radius 2 is 1.58 bits per heavy atom. The number of methoxy groups -OCH3 is 3. The van der Waals surface area contributed by atoms with E-state index >= 15 is 0 Å². The Balaban J connectivity index is 1.63. The quantitative estimate of drug-likeness (QED) is 0.835. The normalized spacial score (nSPS) is 21.0. The first-order valence-corrected chi connectivity index (χ1v) is 8.31. The third-order valence-corrected chi connectivity index (χ3v) is 5.05. The monoisotopic (exact) mass is 358 g/mol. The summed E-state index contributed by atoms with van der Waals surface area (Å²) in [6, 6.07) is 5.75. The van der Waals surface area contributed by atoms with Crippen LogP contribution in [-0.4, -0.2) is 34.7 Å². The van der Waals surface area contributed by atoms with Crippen LogP contribution >= 0.6 is 0 Å². The maximum atomic E-state index is 6.27. The summed E-state index contributed by atoms with van der Waals surface area (Å²) in [5, 5.41) is 0. The van der Waals surface area contributed by atoms with Gasteiger partial charge in [-0.3, -0.25) is 0 Å². The zero-order valence-corrected chi connectivity index (χ0v) is 14.7. The molecule has 0 unspecified atom stereocenters. The van der Waals surface area contributed by atoms with Gasteiger partial charge in [-0.2, -0.15) is 0 Å². The highest BCUT2D eigenvalue weighted by Crippen LogP contribution is 2.58. The summed E-state index contributed by atoms with van der Waals surface area (Å²) >= 11 is 0. The third kappa shape index (κ3) is 1.94. The van der Waals surface area contributed by atoms with Crippen molar-refractivity contribution in [3.8, 4) is 40.2 Å². The molecule has 3 aliphatic rings. The fourth-order valence-corrected chi connectivity index (χ4v) is 3.85. The number of ether oxygens (including phenoxy) is 7. The minimum absolute atomic E-state index is 0.0507. The molecule has 0 N–H and O–H groups in total. The number of fused-ring (bicyclic) bond motifs is 6. The van der Waals surface area contributed by atoms with Crippen molar-refractivity contribution in [3.63, 3.8) is 0 Å². The van der Waals surface area contributed by atoms with Gasteiger partial charge in [-0.15, -0.1) is 0 Å². The average Bonchev–Trinajstić information content (AvgIpc) is 3.27. The predicted octanol–water partition coefficient (Wildman–Crippen LogP) is 3.05. The van der Waals surface area contributed by atoms with Gasteiger partial charge in [0.05, 0.1) is 33.9 Å². The maximum absolute atomic E-state index is 6.27. The van der Waals surface area contributed by atoms with Gasteiger partial charge < -0.3 is 33.2 Å². The van der Waals surface area contributed by atoms with Crippen LogP contribution in [0.25, 0.3) is 0 Å². The second-order valence-electron chi connectivity index (χ2n) is 6.26. The van der Waals surface area contributed by atoms with E-state index in [4.69, 9.17) is 33.2 Å². The molecule has 0 radical (unpaired) electrons. The summed E-state index contributed by atoms with van der Waals surface area (Å²) < 4.78 is 39.8. The number of benzene rings is 2. The van der Waals surface area contributed by atoms with E-state index in [0.717, 1.165) is 22.6 Å². The van der Waals surface area contributed by atoms with Crippen LogP contribution in [0.4, 0.5) is 0 Å². The van der Waals surface area contributed by atoms with Crippen LogP contribution in [0.5, 0.6) is 40.2 Å². The molecule has 0 amide bonds. The van der Waals surface area contributed by atoms with Gasteiger partial charge in [-0.25, -0.2) is 0 Å². The van der Waals surface area contributed by atoms with E-state index in [1.807, 2.05) is 18.2 Å². The molecule has 0 saturated heterocycles. The van der Waals surface area contributed by atoms with Crippen molar-refractivity contribution >= 4 is 0 Å². The Morgan fingerprint density at radius 1 is 0.808 bits per heavy atom. The van der Waals surface area contributed by atoms with Crippen LogP contribution in [0, 0.1) is 0 Å². The van der Waals surface area contributed by atoms with Crippen molar-refractivity contribution in [2.75, 3.05) is 34.7 Å². The number of hydrogen-bond donors (Lipinski definition) is 0. The van der Waals surface area contributed by atoms with Crippen molar-refractivity contribution in [3.05, 3.63) is 29.3 Å². The van der Waals surface area contributed by atoms with E-state index in [0.29, 0.717) is 35.4 Å². The topological polar surface area (TPSA) is 64.6 Å².